The number of anilines is 1. The summed E-state index contributed by atoms with van der Waals surface area (Å²) in [7, 11) is 1.64. The summed E-state index contributed by atoms with van der Waals surface area (Å²) in [4.78, 5) is 13.9. The lowest BCUT2D eigenvalue weighted by Crippen LogP contribution is -2.36. The number of nitrogens with one attached hydrogen (secondary N) is 1. The zero-order valence-corrected chi connectivity index (χ0v) is 12.7. The second kappa shape index (κ2) is 6.62. The van der Waals surface area contributed by atoms with E-state index in [-0.39, 0.29) is 5.91 Å². The van der Waals surface area contributed by atoms with Crippen molar-refractivity contribution in [3.63, 3.8) is 0 Å². The number of carbonyl (C=O) groups is 1. The van der Waals surface area contributed by atoms with E-state index in [1.807, 2.05) is 24.3 Å². The Morgan fingerprint density at radius 3 is 2.05 bits per heavy atom. The minimum atomic E-state index is -0.0609. The monoisotopic (exact) mass is 296 g/mol. The topological polar surface area (TPSA) is 41.6 Å². The van der Waals surface area contributed by atoms with Crippen molar-refractivity contribution < 1.29 is 9.53 Å². The van der Waals surface area contributed by atoms with E-state index in [0.717, 1.165) is 37.4 Å². The molecule has 3 rings (SSSR count). The molecule has 0 unspecified atom stereocenters. The predicted molar refractivity (Wildman–Crippen MR) is 88.3 cm³/mol. The van der Waals surface area contributed by atoms with Gasteiger partial charge >= 0.3 is 0 Å². The van der Waals surface area contributed by atoms with E-state index >= 15 is 0 Å². The van der Waals surface area contributed by atoms with Gasteiger partial charge in [-0.2, -0.15) is 0 Å². The highest BCUT2D eigenvalue weighted by atomic mass is 16.5. The van der Waals surface area contributed by atoms with Crippen LogP contribution in [0.2, 0.25) is 0 Å². The van der Waals surface area contributed by atoms with E-state index in [0.29, 0.717) is 5.56 Å². The molecular weight excluding hydrogens is 276 g/mol. The molecule has 114 valence electrons. The van der Waals surface area contributed by atoms with E-state index < -0.39 is 0 Å². The van der Waals surface area contributed by atoms with Gasteiger partial charge in [0.1, 0.15) is 0 Å². The number of nitrogens with zero attached hydrogens (tertiary/aromatic N) is 1. The fourth-order valence-electron chi connectivity index (χ4n) is 2.64. The van der Waals surface area contributed by atoms with Gasteiger partial charge in [0.15, 0.2) is 0 Å². The van der Waals surface area contributed by atoms with Crippen molar-refractivity contribution >= 4 is 11.6 Å². The summed E-state index contributed by atoms with van der Waals surface area (Å²) >= 11 is 0. The Bertz CT molecular complexity index is 629. The van der Waals surface area contributed by atoms with Gasteiger partial charge in [-0.05, 0) is 35.4 Å². The Labute approximate surface area is 130 Å². The number of hydrogen-bond donors (Lipinski definition) is 1. The number of amides is 1. The van der Waals surface area contributed by atoms with E-state index in [4.69, 9.17) is 4.74 Å². The van der Waals surface area contributed by atoms with Gasteiger partial charge in [-0.1, -0.05) is 24.3 Å². The minimum absolute atomic E-state index is 0.0609. The second-order valence-electron chi connectivity index (χ2n) is 5.30. The van der Waals surface area contributed by atoms with Crippen molar-refractivity contribution in [1.82, 2.24) is 5.32 Å². The van der Waals surface area contributed by atoms with Gasteiger partial charge in [0.2, 0.25) is 0 Å². The molecule has 0 aromatic heterocycles. The Balaban J connectivity index is 1.76. The van der Waals surface area contributed by atoms with Gasteiger partial charge in [-0.15, -0.1) is 0 Å². The van der Waals surface area contributed by atoms with Crippen LogP contribution < -0.4 is 10.2 Å². The van der Waals surface area contributed by atoms with E-state index in [2.05, 4.69) is 34.5 Å². The van der Waals surface area contributed by atoms with Gasteiger partial charge in [-0.25, -0.2) is 0 Å². The summed E-state index contributed by atoms with van der Waals surface area (Å²) in [5.41, 5.74) is 4.17. The Hall–Kier alpha value is -2.33. The lowest BCUT2D eigenvalue weighted by atomic mass is 10.0. The highest BCUT2D eigenvalue weighted by Gasteiger charge is 2.11. The lowest BCUT2D eigenvalue weighted by Gasteiger charge is -2.28. The summed E-state index contributed by atoms with van der Waals surface area (Å²) in [5.74, 6) is -0.0609. The second-order valence-corrected chi connectivity index (χ2v) is 5.30. The first-order valence-electron chi connectivity index (χ1n) is 7.53. The molecular formula is C18H20N2O2. The molecule has 4 heteroatoms. The fraction of sp³-hybridized carbons (Fsp3) is 0.278. The average molecular weight is 296 g/mol. The molecule has 0 aliphatic carbocycles. The van der Waals surface area contributed by atoms with Crippen LogP contribution in [0.1, 0.15) is 10.4 Å². The number of morpholine rings is 1. The highest BCUT2D eigenvalue weighted by Crippen LogP contribution is 2.24. The standard InChI is InChI=1S/C18H20N2O2/c1-19-18(21)16-4-2-14(3-5-16)15-6-8-17(9-7-15)20-10-12-22-13-11-20/h2-9H,10-13H2,1H3,(H,19,21). The molecule has 1 heterocycles. The number of hydrogen-bond acceptors (Lipinski definition) is 3. The zero-order valence-electron chi connectivity index (χ0n) is 12.7. The van der Waals surface area contributed by atoms with E-state index in [1.165, 1.54) is 5.69 Å². The van der Waals surface area contributed by atoms with Crippen LogP contribution in [0.5, 0.6) is 0 Å². The van der Waals surface area contributed by atoms with Gasteiger partial charge in [0.05, 0.1) is 13.2 Å². The molecule has 1 N–H and O–H groups in total. The van der Waals surface area contributed by atoms with Crippen LogP contribution in [0.15, 0.2) is 48.5 Å². The van der Waals surface area contributed by atoms with Gasteiger partial charge in [0.25, 0.3) is 5.91 Å². The van der Waals surface area contributed by atoms with Crippen LogP contribution in [0.3, 0.4) is 0 Å². The smallest absolute Gasteiger partial charge is 0.251 e. The van der Waals surface area contributed by atoms with E-state index in [9.17, 15) is 4.79 Å². The fourth-order valence-corrected chi connectivity index (χ4v) is 2.64. The normalized spacial score (nSPS) is 14.7. The largest absolute Gasteiger partial charge is 0.378 e. The first kappa shape index (κ1) is 14.6. The summed E-state index contributed by atoms with van der Waals surface area (Å²) in [6.07, 6.45) is 0. The molecule has 0 saturated carbocycles. The van der Waals surface area contributed by atoms with Crippen LogP contribution >= 0.6 is 0 Å². The first-order valence-corrected chi connectivity index (χ1v) is 7.53. The molecule has 4 nitrogen and oxygen atoms in total. The molecule has 2 aromatic carbocycles. The van der Waals surface area contributed by atoms with Crippen LogP contribution in [0, 0.1) is 0 Å². The Morgan fingerprint density at radius 2 is 1.50 bits per heavy atom. The van der Waals surface area contributed by atoms with Gasteiger partial charge < -0.3 is 15.0 Å². The maximum atomic E-state index is 11.6. The van der Waals surface area contributed by atoms with Crippen LogP contribution in [-0.4, -0.2) is 39.3 Å². The number of carbonyl (C=O) groups excluding carboxylic acids is 1. The number of ether oxygens (including phenoxy) is 1. The van der Waals surface area contributed by atoms with Crippen molar-refractivity contribution in [3.8, 4) is 11.1 Å². The molecule has 0 atom stereocenters. The molecule has 1 aliphatic rings. The molecule has 0 bridgehead atoms. The quantitative estimate of drug-likeness (QED) is 0.946. The van der Waals surface area contributed by atoms with Crippen molar-refractivity contribution in [2.24, 2.45) is 0 Å². The molecule has 1 fully saturated rings. The third-order valence-electron chi connectivity index (χ3n) is 3.95. The zero-order chi connectivity index (χ0) is 15.4. The summed E-state index contributed by atoms with van der Waals surface area (Å²) in [6.45, 7) is 3.48. The highest BCUT2D eigenvalue weighted by molar-refractivity contribution is 5.94. The third-order valence-corrected chi connectivity index (χ3v) is 3.95. The summed E-state index contributed by atoms with van der Waals surface area (Å²) in [5, 5.41) is 2.63. The van der Waals surface area contributed by atoms with Crippen molar-refractivity contribution in [1.29, 1.82) is 0 Å². The molecule has 0 spiro atoms. The molecule has 1 amide bonds. The SMILES string of the molecule is CNC(=O)c1ccc(-c2ccc(N3CCOCC3)cc2)cc1. The van der Waals surface area contributed by atoms with Crippen LogP contribution in [-0.2, 0) is 4.74 Å². The molecule has 0 radical (unpaired) electrons. The molecule has 1 saturated heterocycles. The summed E-state index contributed by atoms with van der Waals surface area (Å²) in [6, 6.07) is 16.2. The maximum Gasteiger partial charge on any atom is 0.251 e. The first-order chi connectivity index (χ1) is 10.8. The van der Waals surface area contributed by atoms with Crippen molar-refractivity contribution in [3.05, 3.63) is 54.1 Å². The molecule has 1 aliphatic heterocycles. The Morgan fingerprint density at radius 1 is 0.955 bits per heavy atom. The average Bonchev–Trinajstić information content (AvgIpc) is 2.62. The number of benzene rings is 2. The van der Waals surface area contributed by atoms with Crippen LogP contribution in [0.25, 0.3) is 11.1 Å². The molecule has 2 aromatic rings. The van der Waals surface area contributed by atoms with Gasteiger partial charge in [-0.3, -0.25) is 4.79 Å². The predicted octanol–water partition coefficient (Wildman–Crippen LogP) is 2.55. The van der Waals surface area contributed by atoms with E-state index in [1.54, 1.807) is 7.05 Å². The Kier molecular flexibility index (Phi) is 4.39. The van der Waals surface area contributed by atoms with Gasteiger partial charge in [0, 0.05) is 31.4 Å². The third kappa shape index (κ3) is 3.12. The van der Waals surface area contributed by atoms with Crippen molar-refractivity contribution in [2.45, 2.75) is 0 Å². The lowest BCUT2D eigenvalue weighted by molar-refractivity contribution is 0.0963. The minimum Gasteiger partial charge on any atom is -0.378 e. The van der Waals surface area contributed by atoms with Crippen LogP contribution in [0.4, 0.5) is 5.69 Å². The molecule has 22 heavy (non-hydrogen) atoms. The van der Waals surface area contributed by atoms with Crippen molar-refractivity contribution in [2.75, 3.05) is 38.3 Å². The number of rotatable bonds is 3. The maximum absolute atomic E-state index is 11.6. The summed E-state index contributed by atoms with van der Waals surface area (Å²) < 4.78 is 5.38.